The van der Waals surface area contributed by atoms with E-state index in [2.05, 4.69) is 27.7 Å². The summed E-state index contributed by atoms with van der Waals surface area (Å²) in [5.41, 5.74) is 6.55. The fourth-order valence-electron chi connectivity index (χ4n) is 1.97. The molecule has 0 bridgehead atoms. The molecule has 1 unspecified atom stereocenters. The Kier molecular flexibility index (Phi) is 9.02. The highest BCUT2D eigenvalue weighted by atomic mass is 14.7. The maximum atomic E-state index is 6.22. The van der Waals surface area contributed by atoms with E-state index >= 15 is 0 Å². The maximum absolute atomic E-state index is 6.22. The number of nitrogens with two attached hydrogens (primary N) is 1. The number of hydrogen-bond acceptors (Lipinski definition) is 1. The third kappa shape index (κ3) is 7.27. The van der Waals surface area contributed by atoms with Crippen LogP contribution < -0.4 is 5.73 Å². The first-order chi connectivity index (χ1) is 7.54. The molecule has 16 heavy (non-hydrogen) atoms. The molecular weight excluding hydrogens is 194 g/mol. The number of unbranched alkanes of at least 4 members (excludes halogenated alkanes) is 6. The molecule has 0 aliphatic rings. The Morgan fingerprint density at radius 3 is 1.88 bits per heavy atom. The summed E-state index contributed by atoms with van der Waals surface area (Å²) >= 11 is 0. The first-order valence-electron chi connectivity index (χ1n) is 7.30. The van der Waals surface area contributed by atoms with Crippen molar-refractivity contribution >= 4 is 0 Å². The zero-order valence-corrected chi connectivity index (χ0v) is 12.0. The molecule has 0 aromatic rings. The summed E-state index contributed by atoms with van der Waals surface area (Å²) < 4.78 is 0. The summed E-state index contributed by atoms with van der Waals surface area (Å²) in [6.07, 6.45) is 12.1. The molecule has 0 aliphatic carbocycles. The van der Waals surface area contributed by atoms with Crippen LogP contribution in [0.25, 0.3) is 0 Å². The summed E-state index contributed by atoms with van der Waals surface area (Å²) in [5.74, 6) is 0. The molecule has 0 aromatic carbocycles. The van der Waals surface area contributed by atoms with E-state index in [1.807, 2.05) is 0 Å². The van der Waals surface area contributed by atoms with Crippen LogP contribution in [0.15, 0.2) is 0 Å². The Labute approximate surface area is 103 Å². The molecule has 0 amide bonds. The van der Waals surface area contributed by atoms with Crippen molar-refractivity contribution in [2.24, 2.45) is 11.1 Å². The van der Waals surface area contributed by atoms with Gasteiger partial charge in [-0.25, -0.2) is 0 Å². The molecule has 0 saturated carbocycles. The van der Waals surface area contributed by atoms with Crippen LogP contribution in [0.2, 0.25) is 0 Å². The lowest BCUT2D eigenvalue weighted by Crippen LogP contribution is -2.36. The van der Waals surface area contributed by atoms with Gasteiger partial charge >= 0.3 is 0 Å². The molecular formula is C15H33N. The first-order valence-corrected chi connectivity index (χ1v) is 7.30. The van der Waals surface area contributed by atoms with Crippen molar-refractivity contribution in [3.8, 4) is 0 Å². The fourth-order valence-corrected chi connectivity index (χ4v) is 1.97. The lowest BCUT2D eigenvalue weighted by atomic mass is 9.80. The number of hydrogen-bond donors (Lipinski definition) is 1. The SMILES string of the molecule is CCCCCCCCCC(N)C(C)(C)CC. The van der Waals surface area contributed by atoms with Crippen molar-refractivity contribution in [2.45, 2.75) is 91.5 Å². The predicted octanol–water partition coefficient (Wildman–Crippen LogP) is 4.89. The Morgan fingerprint density at radius 2 is 1.38 bits per heavy atom. The van der Waals surface area contributed by atoms with Gasteiger partial charge in [-0.1, -0.05) is 72.6 Å². The van der Waals surface area contributed by atoms with Crippen LogP contribution >= 0.6 is 0 Å². The molecule has 0 radical (unpaired) electrons. The van der Waals surface area contributed by atoms with Crippen LogP contribution in [0, 0.1) is 5.41 Å². The predicted molar refractivity (Wildman–Crippen MR) is 74.7 cm³/mol. The number of rotatable bonds is 10. The zero-order valence-electron chi connectivity index (χ0n) is 12.0. The summed E-state index contributed by atoms with van der Waals surface area (Å²) in [6.45, 7) is 9.09. The van der Waals surface area contributed by atoms with Gasteiger partial charge in [-0.15, -0.1) is 0 Å². The summed E-state index contributed by atoms with van der Waals surface area (Å²) in [4.78, 5) is 0. The van der Waals surface area contributed by atoms with Gasteiger partial charge in [-0.05, 0) is 18.3 Å². The van der Waals surface area contributed by atoms with E-state index in [4.69, 9.17) is 5.73 Å². The summed E-state index contributed by atoms with van der Waals surface area (Å²) in [5, 5.41) is 0. The summed E-state index contributed by atoms with van der Waals surface area (Å²) in [6, 6.07) is 0.383. The van der Waals surface area contributed by atoms with Gasteiger partial charge in [0.25, 0.3) is 0 Å². The Hall–Kier alpha value is -0.0400. The minimum absolute atomic E-state index is 0.322. The van der Waals surface area contributed by atoms with Gasteiger partial charge in [0.2, 0.25) is 0 Å². The first kappa shape index (κ1) is 16.0. The van der Waals surface area contributed by atoms with Crippen LogP contribution in [0.4, 0.5) is 0 Å². The molecule has 0 aromatic heterocycles. The minimum atomic E-state index is 0.322. The van der Waals surface area contributed by atoms with Gasteiger partial charge in [-0.3, -0.25) is 0 Å². The largest absolute Gasteiger partial charge is 0.327 e. The van der Waals surface area contributed by atoms with E-state index < -0.39 is 0 Å². The van der Waals surface area contributed by atoms with E-state index in [-0.39, 0.29) is 0 Å². The average Bonchev–Trinajstić information content (AvgIpc) is 2.27. The van der Waals surface area contributed by atoms with Gasteiger partial charge in [0.15, 0.2) is 0 Å². The molecule has 0 aliphatic heterocycles. The smallest absolute Gasteiger partial charge is 0.00901 e. The van der Waals surface area contributed by atoms with Crippen molar-refractivity contribution in [2.75, 3.05) is 0 Å². The minimum Gasteiger partial charge on any atom is -0.327 e. The Balaban J connectivity index is 3.38. The van der Waals surface area contributed by atoms with Crippen molar-refractivity contribution in [3.05, 3.63) is 0 Å². The van der Waals surface area contributed by atoms with Crippen LogP contribution in [0.1, 0.15) is 85.5 Å². The summed E-state index contributed by atoms with van der Waals surface area (Å²) in [7, 11) is 0. The van der Waals surface area contributed by atoms with Crippen LogP contribution in [0.5, 0.6) is 0 Å². The lowest BCUT2D eigenvalue weighted by molar-refractivity contribution is 0.257. The van der Waals surface area contributed by atoms with Crippen LogP contribution in [0.3, 0.4) is 0 Å². The molecule has 1 nitrogen and oxygen atoms in total. The van der Waals surface area contributed by atoms with Crippen molar-refractivity contribution < 1.29 is 0 Å². The van der Waals surface area contributed by atoms with Gasteiger partial charge in [0, 0.05) is 6.04 Å². The van der Waals surface area contributed by atoms with E-state index in [9.17, 15) is 0 Å². The van der Waals surface area contributed by atoms with E-state index in [1.54, 1.807) is 0 Å². The standard InChI is InChI=1S/C15H33N/c1-5-7-8-9-10-11-12-13-14(16)15(3,4)6-2/h14H,5-13,16H2,1-4H3. The highest BCUT2D eigenvalue weighted by molar-refractivity contribution is 4.79. The van der Waals surface area contributed by atoms with Crippen molar-refractivity contribution in [1.29, 1.82) is 0 Å². The second-order valence-corrected chi connectivity index (χ2v) is 5.86. The Bertz CT molecular complexity index is 152. The normalized spacial score (nSPS) is 14.1. The van der Waals surface area contributed by atoms with Crippen LogP contribution in [-0.2, 0) is 0 Å². The van der Waals surface area contributed by atoms with Gasteiger partial charge in [0.1, 0.15) is 0 Å². The lowest BCUT2D eigenvalue weighted by Gasteiger charge is -2.30. The van der Waals surface area contributed by atoms with Gasteiger partial charge in [-0.2, -0.15) is 0 Å². The highest BCUT2D eigenvalue weighted by Crippen LogP contribution is 2.26. The molecule has 1 heteroatoms. The maximum Gasteiger partial charge on any atom is 0.00901 e. The van der Waals surface area contributed by atoms with Crippen molar-refractivity contribution in [3.63, 3.8) is 0 Å². The quantitative estimate of drug-likeness (QED) is 0.528. The molecule has 0 fully saturated rings. The molecule has 1 atom stereocenters. The fraction of sp³-hybridized carbons (Fsp3) is 1.00. The average molecular weight is 227 g/mol. The molecule has 0 spiro atoms. The third-order valence-corrected chi connectivity index (χ3v) is 4.03. The molecule has 2 N–H and O–H groups in total. The van der Waals surface area contributed by atoms with Gasteiger partial charge in [0.05, 0.1) is 0 Å². The molecule has 0 saturated heterocycles. The zero-order chi connectivity index (χ0) is 12.4. The van der Waals surface area contributed by atoms with E-state index in [0.29, 0.717) is 11.5 Å². The van der Waals surface area contributed by atoms with E-state index in [0.717, 1.165) is 0 Å². The molecule has 0 rings (SSSR count). The Morgan fingerprint density at radius 1 is 0.875 bits per heavy atom. The highest BCUT2D eigenvalue weighted by Gasteiger charge is 2.23. The van der Waals surface area contributed by atoms with Crippen molar-refractivity contribution in [1.82, 2.24) is 0 Å². The second-order valence-electron chi connectivity index (χ2n) is 5.86. The van der Waals surface area contributed by atoms with E-state index in [1.165, 1.54) is 57.8 Å². The van der Waals surface area contributed by atoms with Gasteiger partial charge < -0.3 is 5.73 Å². The van der Waals surface area contributed by atoms with Crippen LogP contribution in [-0.4, -0.2) is 6.04 Å². The topological polar surface area (TPSA) is 26.0 Å². The third-order valence-electron chi connectivity index (χ3n) is 4.03. The molecule has 0 heterocycles. The monoisotopic (exact) mass is 227 g/mol. The second kappa shape index (κ2) is 9.04. The molecule has 98 valence electrons.